The monoisotopic (exact) mass is 147 g/mol. The molecule has 0 saturated carbocycles. The largest absolute Gasteiger partial charge is 0.373 e. The second-order valence-corrected chi connectivity index (χ2v) is 3.18. The molecule has 0 N–H and O–H groups in total. The highest BCUT2D eigenvalue weighted by atomic mass is 32.2. The molecule has 1 rings (SSSR count). The van der Waals surface area contributed by atoms with E-state index in [0.717, 1.165) is 5.94 Å². The van der Waals surface area contributed by atoms with E-state index in [4.69, 9.17) is 4.74 Å². The lowest BCUT2D eigenvalue weighted by Crippen LogP contribution is -2.10. The number of nitrogens with zero attached hydrogens (tertiary/aromatic N) is 1. The Balaban J connectivity index is 1.98. The topological polar surface area (TPSA) is 12.5 Å². The number of rotatable bonds is 3. The molecular weight excluding hydrogens is 134 g/mol. The van der Waals surface area contributed by atoms with Crippen LogP contribution in [0.5, 0.6) is 0 Å². The van der Waals surface area contributed by atoms with E-state index >= 15 is 0 Å². The minimum absolute atomic E-state index is 0.806. The summed E-state index contributed by atoms with van der Waals surface area (Å²) in [5.74, 6) is 0.806. The maximum atomic E-state index is 4.93. The smallest absolute Gasteiger partial charge is 0.106 e. The Bertz CT molecular complexity index is 73.5. The van der Waals surface area contributed by atoms with Crippen LogP contribution >= 0.6 is 11.9 Å². The summed E-state index contributed by atoms with van der Waals surface area (Å²) in [6.07, 6.45) is 2.72. The Morgan fingerprint density at radius 2 is 2.11 bits per heavy atom. The predicted molar refractivity (Wildman–Crippen MR) is 40.3 cm³/mol. The Kier molecular flexibility index (Phi) is 3.40. The van der Waals surface area contributed by atoms with Gasteiger partial charge in [-0.3, -0.25) is 0 Å². The molecular formula is C6H13NOS. The van der Waals surface area contributed by atoms with Crippen LogP contribution in [0.15, 0.2) is 0 Å². The van der Waals surface area contributed by atoms with E-state index < -0.39 is 0 Å². The Morgan fingerprint density at radius 3 is 2.67 bits per heavy atom. The maximum Gasteiger partial charge on any atom is 0.106 e. The zero-order chi connectivity index (χ0) is 6.53. The highest BCUT2D eigenvalue weighted by molar-refractivity contribution is 7.96. The minimum atomic E-state index is 0.806. The van der Waals surface area contributed by atoms with Crippen molar-refractivity contribution in [2.45, 2.75) is 12.8 Å². The summed E-state index contributed by atoms with van der Waals surface area (Å²) in [6.45, 7) is 2.49. The molecule has 0 aromatic carbocycles. The van der Waals surface area contributed by atoms with Gasteiger partial charge >= 0.3 is 0 Å². The van der Waals surface area contributed by atoms with Crippen molar-refractivity contribution in [1.82, 2.24) is 4.31 Å². The first-order valence-electron chi connectivity index (χ1n) is 3.30. The van der Waals surface area contributed by atoms with Crippen molar-refractivity contribution >= 4 is 11.9 Å². The average Bonchev–Trinajstić information content (AvgIpc) is 2.34. The molecule has 0 aromatic rings. The molecule has 1 saturated heterocycles. The van der Waals surface area contributed by atoms with Gasteiger partial charge in [0, 0.05) is 20.2 Å². The first-order chi connectivity index (χ1) is 4.43. The Hall–Kier alpha value is 0.270. The highest BCUT2D eigenvalue weighted by Gasteiger charge is 2.10. The van der Waals surface area contributed by atoms with Crippen molar-refractivity contribution < 1.29 is 4.74 Å². The van der Waals surface area contributed by atoms with Crippen LogP contribution in [0.4, 0.5) is 0 Å². The first-order valence-corrected chi connectivity index (χ1v) is 4.24. The molecule has 0 unspecified atom stereocenters. The predicted octanol–water partition coefficient (Wildman–Crippen LogP) is 1.33. The molecule has 1 aliphatic rings. The standard InChI is InChI=1S/C6H13NOS/c1-8-6-9-7-4-2-3-5-7/h2-6H2,1H3. The van der Waals surface area contributed by atoms with Crippen LogP contribution in [0.2, 0.25) is 0 Å². The SMILES string of the molecule is COCSN1CCCC1. The molecule has 0 spiro atoms. The third-order valence-corrected chi connectivity index (χ3v) is 2.49. The van der Waals surface area contributed by atoms with Crippen LogP contribution in [-0.2, 0) is 4.74 Å². The average molecular weight is 147 g/mol. The molecule has 1 heterocycles. The summed E-state index contributed by atoms with van der Waals surface area (Å²) in [5.41, 5.74) is 0. The number of ether oxygens (including phenoxy) is 1. The zero-order valence-electron chi connectivity index (χ0n) is 5.80. The molecule has 0 aliphatic carbocycles. The van der Waals surface area contributed by atoms with Gasteiger partial charge in [0.1, 0.15) is 5.94 Å². The fourth-order valence-electron chi connectivity index (χ4n) is 0.944. The summed E-state index contributed by atoms with van der Waals surface area (Å²) < 4.78 is 7.29. The van der Waals surface area contributed by atoms with Gasteiger partial charge in [-0.05, 0) is 12.8 Å². The zero-order valence-corrected chi connectivity index (χ0v) is 6.62. The van der Waals surface area contributed by atoms with Crippen LogP contribution in [0, 0.1) is 0 Å². The van der Waals surface area contributed by atoms with Crippen LogP contribution in [0.3, 0.4) is 0 Å². The van der Waals surface area contributed by atoms with Gasteiger partial charge in [0.2, 0.25) is 0 Å². The van der Waals surface area contributed by atoms with Crippen molar-refractivity contribution in [3.05, 3.63) is 0 Å². The molecule has 54 valence electrons. The quantitative estimate of drug-likeness (QED) is 0.441. The normalized spacial score (nSPS) is 21.0. The number of methoxy groups -OCH3 is 1. The maximum absolute atomic E-state index is 4.93. The van der Waals surface area contributed by atoms with E-state index in [-0.39, 0.29) is 0 Å². The fraction of sp³-hybridized carbons (Fsp3) is 1.00. The van der Waals surface area contributed by atoms with E-state index in [1.54, 1.807) is 19.1 Å². The van der Waals surface area contributed by atoms with Gasteiger partial charge in [-0.2, -0.15) is 0 Å². The van der Waals surface area contributed by atoms with Gasteiger partial charge < -0.3 is 4.74 Å². The van der Waals surface area contributed by atoms with Crippen LogP contribution in [0.1, 0.15) is 12.8 Å². The molecule has 0 radical (unpaired) electrons. The van der Waals surface area contributed by atoms with Gasteiger partial charge in [0.15, 0.2) is 0 Å². The van der Waals surface area contributed by atoms with Gasteiger partial charge in [-0.25, -0.2) is 4.31 Å². The number of hydrogen-bond acceptors (Lipinski definition) is 3. The first kappa shape index (κ1) is 7.38. The molecule has 1 aliphatic heterocycles. The van der Waals surface area contributed by atoms with Crippen molar-refractivity contribution in [3.63, 3.8) is 0 Å². The van der Waals surface area contributed by atoms with Crippen molar-refractivity contribution in [2.24, 2.45) is 0 Å². The lowest BCUT2D eigenvalue weighted by Gasteiger charge is -2.10. The molecule has 3 heteroatoms. The van der Waals surface area contributed by atoms with Gasteiger partial charge in [0.05, 0.1) is 0 Å². The molecule has 0 aromatic heterocycles. The Morgan fingerprint density at radius 1 is 1.44 bits per heavy atom. The van der Waals surface area contributed by atoms with E-state index in [9.17, 15) is 0 Å². The van der Waals surface area contributed by atoms with Crippen LogP contribution in [-0.4, -0.2) is 30.4 Å². The molecule has 0 amide bonds. The third-order valence-electron chi connectivity index (χ3n) is 1.42. The summed E-state index contributed by atoms with van der Waals surface area (Å²) >= 11 is 1.80. The lowest BCUT2D eigenvalue weighted by atomic mass is 10.4. The van der Waals surface area contributed by atoms with E-state index in [2.05, 4.69) is 4.31 Å². The van der Waals surface area contributed by atoms with E-state index in [1.165, 1.54) is 25.9 Å². The van der Waals surface area contributed by atoms with Crippen molar-refractivity contribution in [3.8, 4) is 0 Å². The molecule has 9 heavy (non-hydrogen) atoms. The second kappa shape index (κ2) is 4.14. The van der Waals surface area contributed by atoms with Crippen LogP contribution < -0.4 is 0 Å². The summed E-state index contributed by atoms with van der Waals surface area (Å²) in [7, 11) is 1.74. The van der Waals surface area contributed by atoms with Crippen molar-refractivity contribution in [1.29, 1.82) is 0 Å². The summed E-state index contributed by atoms with van der Waals surface area (Å²) in [6, 6.07) is 0. The van der Waals surface area contributed by atoms with Gasteiger partial charge in [0.25, 0.3) is 0 Å². The molecule has 2 nitrogen and oxygen atoms in total. The lowest BCUT2D eigenvalue weighted by molar-refractivity contribution is 0.255. The van der Waals surface area contributed by atoms with E-state index in [0.29, 0.717) is 0 Å². The number of hydrogen-bond donors (Lipinski definition) is 0. The van der Waals surface area contributed by atoms with Gasteiger partial charge in [-0.1, -0.05) is 11.9 Å². The third kappa shape index (κ3) is 2.56. The summed E-state index contributed by atoms with van der Waals surface area (Å²) in [4.78, 5) is 0. The van der Waals surface area contributed by atoms with Crippen LogP contribution in [0.25, 0.3) is 0 Å². The molecule has 1 fully saturated rings. The van der Waals surface area contributed by atoms with E-state index in [1.807, 2.05) is 0 Å². The fourth-order valence-corrected chi connectivity index (χ4v) is 1.72. The molecule has 0 atom stereocenters. The second-order valence-electron chi connectivity index (χ2n) is 2.17. The highest BCUT2D eigenvalue weighted by Crippen LogP contribution is 2.17. The van der Waals surface area contributed by atoms with Gasteiger partial charge in [-0.15, -0.1) is 0 Å². The Labute approximate surface area is 60.7 Å². The molecule has 0 bridgehead atoms. The summed E-state index contributed by atoms with van der Waals surface area (Å²) in [5, 5.41) is 0. The minimum Gasteiger partial charge on any atom is -0.373 e. The van der Waals surface area contributed by atoms with Crippen molar-refractivity contribution in [2.75, 3.05) is 26.1 Å².